The van der Waals surface area contributed by atoms with E-state index in [1.165, 1.54) is 0 Å². The van der Waals surface area contributed by atoms with Gasteiger partial charge in [-0.05, 0) is 25.6 Å². The highest BCUT2D eigenvalue weighted by atomic mass is 35.5. The van der Waals surface area contributed by atoms with Crippen LogP contribution >= 0.6 is 11.6 Å². The van der Waals surface area contributed by atoms with Crippen LogP contribution in [-0.4, -0.2) is 52.6 Å². The Labute approximate surface area is 151 Å². The van der Waals surface area contributed by atoms with Gasteiger partial charge in [0.05, 0.1) is 10.6 Å². The number of likely N-dealkylation sites (N-methyl/N-ethyl adjacent to an activating group) is 1. The second-order valence-electron chi connectivity index (χ2n) is 6.17. The van der Waals surface area contributed by atoms with Crippen LogP contribution in [0.15, 0.2) is 28.7 Å². The molecule has 1 fully saturated rings. The lowest BCUT2D eigenvalue weighted by molar-refractivity contribution is 0.270. The number of anilines is 1. The first-order valence-electron chi connectivity index (χ1n) is 8.53. The van der Waals surface area contributed by atoms with Gasteiger partial charge in [0.2, 0.25) is 5.89 Å². The fraction of sp³-hybridized carbons (Fsp3) is 0.389. The maximum Gasteiger partial charge on any atom is 0.252 e. The third-order valence-electron chi connectivity index (χ3n) is 4.58. The molecular weight excluding hydrogens is 338 g/mol. The van der Waals surface area contributed by atoms with Gasteiger partial charge in [-0.2, -0.15) is 4.98 Å². The van der Waals surface area contributed by atoms with Gasteiger partial charge in [-0.3, -0.25) is 0 Å². The van der Waals surface area contributed by atoms with Crippen molar-refractivity contribution in [3.63, 3.8) is 0 Å². The summed E-state index contributed by atoms with van der Waals surface area (Å²) in [7, 11) is 0. The Hall–Kier alpha value is -2.18. The molecule has 1 aliphatic rings. The molecule has 6 nitrogen and oxygen atoms in total. The van der Waals surface area contributed by atoms with Gasteiger partial charge >= 0.3 is 0 Å². The SMILES string of the molecule is CCN1CCN(c2nc(C)nc3oc(-c4ccccc4Cl)nc23)CC1. The van der Waals surface area contributed by atoms with Crippen molar-refractivity contribution in [1.82, 2.24) is 19.9 Å². The number of nitrogens with zero attached hydrogens (tertiary/aromatic N) is 5. The standard InChI is InChI=1S/C18H20ClN5O/c1-3-23-8-10-24(11-9-23)16-15-18(21-12(2)20-16)25-17(22-15)13-6-4-5-7-14(13)19/h4-7H,3,8-11H2,1-2H3. The van der Waals surface area contributed by atoms with Crippen molar-refractivity contribution in [2.24, 2.45) is 0 Å². The lowest BCUT2D eigenvalue weighted by atomic mass is 10.2. The predicted octanol–water partition coefficient (Wildman–Crippen LogP) is 3.39. The highest BCUT2D eigenvalue weighted by Gasteiger charge is 2.23. The average Bonchev–Trinajstić information content (AvgIpc) is 3.05. The van der Waals surface area contributed by atoms with Crippen molar-refractivity contribution in [1.29, 1.82) is 0 Å². The highest BCUT2D eigenvalue weighted by Crippen LogP contribution is 2.32. The first-order chi connectivity index (χ1) is 12.2. The van der Waals surface area contributed by atoms with Crippen LogP contribution < -0.4 is 4.90 Å². The quantitative estimate of drug-likeness (QED) is 0.716. The number of halogens is 1. The van der Waals surface area contributed by atoms with Crippen molar-refractivity contribution in [3.05, 3.63) is 35.1 Å². The van der Waals surface area contributed by atoms with Gasteiger partial charge in [-0.15, -0.1) is 0 Å². The Bertz CT molecular complexity index is 902. The number of oxazole rings is 1. The van der Waals surface area contributed by atoms with E-state index in [0.29, 0.717) is 28.0 Å². The van der Waals surface area contributed by atoms with Gasteiger partial charge in [0.25, 0.3) is 5.71 Å². The summed E-state index contributed by atoms with van der Waals surface area (Å²) in [5.41, 5.74) is 1.97. The molecule has 0 saturated carbocycles. The molecule has 0 amide bonds. The van der Waals surface area contributed by atoms with E-state index >= 15 is 0 Å². The minimum absolute atomic E-state index is 0.481. The molecule has 0 N–H and O–H groups in total. The van der Waals surface area contributed by atoms with Crippen LogP contribution in [0.2, 0.25) is 5.02 Å². The Morgan fingerprint density at radius 3 is 2.56 bits per heavy atom. The van der Waals surface area contributed by atoms with E-state index in [1.54, 1.807) is 0 Å². The summed E-state index contributed by atoms with van der Waals surface area (Å²) < 4.78 is 5.91. The zero-order valence-electron chi connectivity index (χ0n) is 14.4. The van der Waals surface area contributed by atoms with Gasteiger partial charge in [-0.1, -0.05) is 30.7 Å². The fourth-order valence-electron chi connectivity index (χ4n) is 3.16. The van der Waals surface area contributed by atoms with Crippen LogP contribution in [0, 0.1) is 6.92 Å². The Morgan fingerprint density at radius 1 is 1.08 bits per heavy atom. The van der Waals surface area contributed by atoms with E-state index < -0.39 is 0 Å². The molecular formula is C18H20ClN5O. The number of hydrogen-bond acceptors (Lipinski definition) is 6. The van der Waals surface area contributed by atoms with E-state index in [1.807, 2.05) is 31.2 Å². The van der Waals surface area contributed by atoms with Crippen LogP contribution in [0.1, 0.15) is 12.7 Å². The predicted molar refractivity (Wildman–Crippen MR) is 99.1 cm³/mol. The van der Waals surface area contributed by atoms with E-state index in [0.717, 1.165) is 44.1 Å². The Kier molecular flexibility index (Phi) is 4.31. The number of aryl methyl sites for hydroxylation is 1. The normalized spacial score (nSPS) is 15.9. The topological polar surface area (TPSA) is 58.3 Å². The first kappa shape index (κ1) is 16.3. The zero-order valence-corrected chi connectivity index (χ0v) is 15.1. The highest BCUT2D eigenvalue weighted by molar-refractivity contribution is 6.33. The molecule has 0 spiro atoms. The van der Waals surface area contributed by atoms with Crippen molar-refractivity contribution < 1.29 is 4.42 Å². The number of aromatic nitrogens is 3. The number of piperazine rings is 1. The lowest BCUT2D eigenvalue weighted by Crippen LogP contribution is -2.46. The van der Waals surface area contributed by atoms with E-state index in [9.17, 15) is 0 Å². The molecule has 1 saturated heterocycles. The van der Waals surface area contributed by atoms with E-state index in [4.69, 9.17) is 16.0 Å². The van der Waals surface area contributed by atoms with E-state index in [-0.39, 0.29) is 0 Å². The van der Waals surface area contributed by atoms with E-state index in [2.05, 4.69) is 31.7 Å². The van der Waals surface area contributed by atoms with Gasteiger partial charge in [0.15, 0.2) is 11.3 Å². The molecule has 4 rings (SSSR count). The smallest absolute Gasteiger partial charge is 0.252 e. The molecule has 7 heteroatoms. The number of fused-ring (bicyclic) bond motifs is 1. The summed E-state index contributed by atoms with van der Waals surface area (Å²) in [5.74, 6) is 2.01. The molecule has 2 aromatic heterocycles. The molecule has 25 heavy (non-hydrogen) atoms. The largest absolute Gasteiger partial charge is 0.417 e. The van der Waals surface area contributed by atoms with Crippen LogP contribution in [0.25, 0.3) is 22.7 Å². The number of benzene rings is 1. The van der Waals surface area contributed by atoms with Crippen molar-refractivity contribution >= 4 is 28.6 Å². The van der Waals surface area contributed by atoms with Gasteiger partial charge in [0.1, 0.15) is 5.82 Å². The van der Waals surface area contributed by atoms with Crippen molar-refractivity contribution in [2.45, 2.75) is 13.8 Å². The fourth-order valence-corrected chi connectivity index (χ4v) is 3.37. The molecule has 0 radical (unpaired) electrons. The maximum absolute atomic E-state index is 6.29. The van der Waals surface area contributed by atoms with Crippen molar-refractivity contribution in [2.75, 3.05) is 37.6 Å². The minimum Gasteiger partial charge on any atom is -0.417 e. The summed E-state index contributed by atoms with van der Waals surface area (Å²) in [4.78, 5) is 18.4. The first-order valence-corrected chi connectivity index (χ1v) is 8.91. The number of rotatable bonds is 3. The summed E-state index contributed by atoms with van der Waals surface area (Å²) >= 11 is 6.29. The van der Waals surface area contributed by atoms with Crippen LogP contribution in [-0.2, 0) is 0 Å². The second kappa shape index (κ2) is 6.61. The van der Waals surface area contributed by atoms with Gasteiger partial charge in [0, 0.05) is 26.2 Å². The second-order valence-corrected chi connectivity index (χ2v) is 6.58. The summed E-state index contributed by atoms with van der Waals surface area (Å²) in [6.07, 6.45) is 0. The summed E-state index contributed by atoms with van der Waals surface area (Å²) in [5, 5.41) is 0.608. The number of hydrogen-bond donors (Lipinski definition) is 0. The maximum atomic E-state index is 6.29. The summed E-state index contributed by atoms with van der Waals surface area (Å²) in [6.45, 7) is 9.04. The molecule has 1 aromatic carbocycles. The van der Waals surface area contributed by atoms with Crippen LogP contribution in [0.5, 0.6) is 0 Å². The molecule has 0 unspecified atom stereocenters. The third-order valence-corrected chi connectivity index (χ3v) is 4.91. The molecule has 1 aliphatic heterocycles. The molecule has 0 aliphatic carbocycles. The molecule has 3 aromatic rings. The Balaban J connectivity index is 1.76. The molecule has 130 valence electrons. The van der Waals surface area contributed by atoms with Gasteiger partial charge in [-0.25, -0.2) is 9.97 Å². The van der Waals surface area contributed by atoms with Crippen LogP contribution in [0.3, 0.4) is 0 Å². The summed E-state index contributed by atoms with van der Waals surface area (Å²) in [6, 6.07) is 7.52. The average molecular weight is 358 g/mol. The molecule has 0 bridgehead atoms. The monoisotopic (exact) mass is 357 g/mol. The third kappa shape index (κ3) is 3.07. The minimum atomic E-state index is 0.481. The van der Waals surface area contributed by atoms with Gasteiger partial charge < -0.3 is 14.2 Å². The molecule has 3 heterocycles. The van der Waals surface area contributed by atoms with Crippen molar-refractivity contribution in [3.8, 4) is 11.5 Å². The molecule has 0 atom stereocenters. The van der Waals surface area contributed by atoms with Crippen LogP contribution in [0.4, 0.5) is 5.82 Å². The lowest BCUT2D eigenvalue weighted by Gasteiger charge is -2.34. The Morgan fingerprint density at radius 2 is 1.84 bits per heavy atom. The zero-order chi connectivity index (χ0) is 17.4.